The summed E-state index contributed by atoms with van der Waals surface area (Å²) in [5.74, 6) is 0. The van der Waals surface area contributed by atoms with Gasteiger partial charge in [0.25, 0.3) is 0 Å². The highest BCUT2D eigenvalue weighted by Gasteiger charge is 2.14. The first-order valence-electron chi connectivity index (χ1n) is 6.48. The number of aromatic nitrogens is 4. The van der Waals surface area contributed by atoms with Crippen LogP contribution in [0.3, 0.4) is 0 Å². The first-order valence-corrected chi connectivity index (χ1v) is 7.36. The monoisotopic (exact) mass is 279 g/mol. The molecule has 6 heteroatoms. The van der Waals surface area contributed by atoms with Crippen molar-refractivity contribution in [3.63, 3.8) is 0 Å². The SMILES string of the molecule is Cc1csc(CCNCc2cn(C(C)(C)C)nn2)n1. The average molecular weight is 279 g/mol. The summed E-state index contributed by atoms with van der Waals surface area (Å²) in [6.45, 7) is 10.0. The zero-order chi connectivity index (χ0) is 13.9. The van der Waals surface area contributed by atoms with Gasteiger partial charge in [0, 0.05) is 30.6 Å². The van der Waals surface area contributed by atoms with E-state index in [1.807, 2.05) is 17.8 Å². The Morgan fingerprint density at radius 3 is 2.74 bits per heavy atom. The predicted molar refractivity (Wildman–Crippen MR) is 77.3 cm³/mol. The van der Waals surface area contributed by atoms with Crippen LogP contribution in [0, 0.1) is 6.92 Å². The van der Waals surface area contributed by atoms with E-state index in [2.05, 4.69) is 46.8 Å². The second-order valence-electron chi connectivity index (χ2n) is 5.63. The molecular formula is C13H21N5S. The minimum atomic E-state index is -0.0103. The van der Waals surface area contributed by atoms with E-state index in [4.69, 9.17) is 0 Å². The molecule has 0 aromatic carbocycles. The summed E-state index contributed by atoms with van der Waals surface area (Å²) in [7, 11) is 0. The largest absolute Gasteiger partial charge is 0.311 e. The first-order chi connectivity index (χ1) is 8.95. The molecule has 0 amide bonds. The van der Waals surface area contributed by atoms with Gasteiger partial charge in [-0.3, -0.25) is 0 Å². The van der Waals surface area contributed by atoms with Crippen LogP contribution in [-0.4, -0.2) is 26.5 Å². The highest BCUT2D eigenvalue weighted by Crippen LogP contribution is 2.11. The number of rotatable bonds is 5. The van der Waals surface area contributed by atoms with Gasteiger partial charge in [-0.05, 0) is 27.7 Å². The Bertz CT molecular complexity index is 523. The van der Waals surface area contributed by atoms with Gasteiger partial charge >= 0.3 is 0 Å². The molecule has 0 fully saturated rings. The molecule has 19 heavy (non-hydrogen) atoms. The van der Waals surface area contributed by atoms with Crippen molar-refractivity contribution in [2.24, 2.45) is 0 Å². The highest BCUT2D eigenvalue weighted by atomic mass is 32.1. The minimum absolute atomic E-state index is 0.0103. The van der Waals surface area contributed by atoms with Crippen LogP contribution in [0.25, 0.3) is 0 Å². The van der Waals surface area contributed by atoms with Crippen molar-refractivity contribution >= 4 is 11.3 Å². The highest BCUT2D eigenvalue weighted by molar-refractivity contribution is 7.09. The molecule has 0 radical (unpaired) electrons. The third-order valence-electron chi connectivity index (χ3n) is 2.72. The van der Waals surface area contributed by atoms with Crippen molar-refractivity contribution in [2.75, 3.05) is 6.54 Å². The van der Waals surface area contributed by atoms with Gasteiger partial charge in [0.2, 0.25) is 0 Å². The van der Waals surface area contributed by atoms with E-state index in [0.29, 0.717) is 0 Å². The minimum Gasteiger partial charge on any atom is -0.311 e. The van der Waals surface area contributed by atoms with Gasteiger partial charge in [-0.15, -0.1) is 16.4 Å². The molecule has 0 aliphatic carbocycles. The van der Waals surface area contributed by atoms with E-state index in [1.165, 1.54) is 5.01 Å². The second kappa shape index (κ2) is 5.79. The van der Waals surface area contributed by atoms with E-state index in [1.54, 1.807) is 11.3 Å². The number of nitrogens with zero attached hydrogens (tertiary/aromatic N) is 4. The lowest BCUT2D eigenvalue weighted by Crippen LogP contribution is -2.22. The Balaban J connectivity index is 1.75. The quantitative estimate of drug-likeness (QED) is 0.852. The summed E-state index contributed by atoms with van der Waals surface area (Å²) in [5, 5.41) is 15.0. The van der Waals surface area contributed by atoms with E-state index in [9.17, 15) is 0 Å². The summed E-state index contributed by atoms with van der Waals surface area (Å²) in [4.78, 5) is 4.44. The summed E-state index contributed by atoms with van der Waals surface area (Å²) in [6, 6.07) is 0. The van der Waals surface area contributed by atoms with Gasteiger partial charge in [0.1, 0.15) is 0 Å². The summed E-state index contributed by atoms with van der Waals surface area (Å²) < 4.78 is 1.90. The van der Waals surface area contributed by atoms with Crippen LogP contribution in [-0.2, 0) is 18.5 Å². The Morgan fingerprint density at radius 1 is 1.37 bits per heavy atom. The zero-order valence-corrected chi connectivity index (χ0v) is 12.8. The van der Waals surface area contributed by atoms with Crippen LogP contribution in [0.2, 0.25) is 0 Å². The van der Waals surface area contributed by atoms with Crippen LogP contribution in [0.15, 0.2) is 11.6 Å². The van der Waals surface area contributed by atoms with Crippen molar-refractivity contribution in [1.82, 2.24) is 25.3 Å². The topological polar surface area (TPSA) is 55.6 Å². The number of thiazole rings is 1. The van der Waals surface area contributed by atoms with Crippen molar-refractivity contribution < 1.29 is 0 Å². The third kappa shape index (κ3) is 4.11. The molecule has 0 atom stereocenters. The predicted octanol–water partition coefficient (Wildman–Crippen LogP) is 2.13. The lowest BCUT2D eigenvalue weighted by Gasteiger charge is -2.17. The van der Waals surface area contributed by atoms with Crippen molar-refractivity contribution in [2.45, 2.75) is 46.2 Å². The molecular weight excluding hydrogens is 258 g/mol. The molecule has 2 heterocycles. The van der Waals surface area contributed by atoms with Crippen LogP contribution >= 0.6 is 11.3 Å². The van der Waals surface area contributed by atoms with Gasteiger partial charge in [-0.25, -0.2) is 9.67 Å². The molecule has 5 nitrogen and oxygen atoms in total. The second-order valence-corrected chi connectivity index (χ2v) is 6.58. The normalized spacial score (nSPS) is 12.0. The molecule has 1 N–H and O–H groups in total. The maximum Gasteiger partial charge on any atom is 0.0965 e. The van der Waals surface area contributed by atoms with Crippen molar-refractivity contribution in [3.05, 3.63) is 28.0 Å². The first kappa shape index (κ1) is 14.1. The van der Waals surface area contributed by atoms with E-state index < -0.39 is 0 Å². The fourth-order valence-corrected chi connectivity index (χ4v) is 2.41. The molecule has 0 spiro atoms. The van der Waals surface area contributed by atoms with Gasteiger partial charge in [0.15, 0.2) is 0 Å². The fraction of sp³-hybridized carbons (Fsp3) is 0.615. The smallest absolute Gasteiger partial charge is 0.0965 e. The van der Waals surface area contributed by atoms with Crippen molar-refractivity contribution in [1.29, 1.82) is 0 Å². The standard InChI is InChI=1S/C13H21N5S/c1-10-9-19-12(15-10)5-6-14-7-11-8-18(17-16-11)13(2,3)4/h8-9,14H,5-7H2,1-4H3. The van der Waals surface area contributed by atoms with Gasteiger partial charge in [0.05, 0.1) is 22.4 Å². The number of nitrogens with one attached hydrogen (secondary N) is 1. The maximum absolute atomic E-state index is 4.44. The molecule has 2 aromatic heterocycles. The number of aryl methyl sites for hydroxylation is 1. The Kier molecular flexibility index (Phi) is 4.31. The Labute approximate surface area is 118 Å². The van der Waals surface area contributed by atoms with Crippen LogP contribution < -0.4 is 5.32 Å². The lowest BCUT2D eigenvalue weighted by molar-refractivity contribution is 0.347. The van der Waals surface area contributed by atoms with Gasteiger partial charge in [-0.2, -0.15) is 0 Å². The molecule has 104 valence electrons. The summed E-state index contributed by atoms with van der Waals surface area (Å²) in [6.07, 6.45) is 2.96. The third-order valence-corrected chi connectivity index (χ3v) is 3.74. The molecule has 2 rings (SSSR count). The van der Waals surface area contributed by atoms with E-state index in [0.717, 1.165) is 30.9 Å². The van der Waals surface area contributed by atoms with Gasteiger partial charge in [-0.1, -0.05) is 5.21 Å². The summed E-state index contributed by atoms with van der Waals surface area (Å²) in [5.41, 5.74) is 2.07. The maximum atomic E-state index is 4.44. The molecule has 0 saturated heterocycles. The van der Waals surface area contributed by atoms with Crippen LogP contribution in [0.5, 0.6) is 0 Å². The number of hydrogen-bond acceptors (Lipinski definition) is 5. The van der Waals surface area contributed by atoms with Crippen LogP contribution in [0.1, 0.15) is 37.2 Å². The van der Waals surface area contributed by atoms with Crippen LogP contribution in [0.4, 0.5) is 0 Å². The molecule has 0 saturated carbocycles. The van der Waals surface area contributed by atoms with E-state index in [-0.39, 0.29) is 5.54 Å². The summed E-state index contributed by atoms with van der Waals surface area (Å²) >= 11 is 1.72. The fourth-order valence-electron chi connectivity index (χ4n) is 1.64. The average Bonchev–Trinajstić information content (AvgIpc) is 2.93. The zero-order valence-electron chi connectivity index (χ0n) is 12.0. The molecule has 0 unspecified atom stereocenters. The molecule has 0 aliphatic heterocycles. The molecule has 0 aliphatic rings. The number of hydrogen-bond donors (Lipinski definition) is 1. The Morgan fingerprint density at radius 2 is 2.16 bits per heavy atom. The molecule has 2 aromatic rings. The van der Waals surface area contributed by atoms with Crippen molar-refractivity contribution in [3.8, 4) is 0 Å². The lowest BCUT2D eigenvalue weighted by atomic mass is 10.1. The van der Waals surface area contributed by atoms with E-state index >= 15 is 0 Å². The molecule has 0 bridgehead atoms. The van der Waals surface area contributed by atoms with Gasteiger partial charge < -0.3 is 5.32 Å². The Hall–Kier alpha value is -1.27.